The number of aromatic nitrogens is 1. The van der Waals surface area contributed by atoms with Gasteiger partial charge in [0.15, 0.2) is 0 Å². The van der Waals surface area contributed by atoms with E-state index in [1.54, 1.807) is 11.3 Å². The predicted octanol–water partition coefficient (Wildman–Crippen LogP) is 4.65. The van der Waals surface area contributed by atoms with E-state index < -0.39 is 0 Å². The molecule has 1 atom stereocenters. The second-order valence-corrected chi connectivity index (χ2v) is 6.51. The molecule has 0 aliphatic rings. The van der Waals surface area contributed by atoms with E-state index in [1.807, 2.05) is 29.8 Å². The molecule has 1 unspecified atom stereocenters. The fourth-order valence-corrected chi connectivity index (χ4v) is 3.11. The van der Waals surface area contributed by atoms with Crippen molar-refractivity contribution in [2.45, 2.75) is 25.9 Å². The molecule has 2 nitrogen and oxygen atoms in total. The maximum atomic E-state index is 6.09. The van der Waals surface area contributed by atoms with Crippen LogP contribution in [-0.2, 0) is 0 Å². The van der Waals surface area contributed by atoms with Crippen molar-refractivity contribution in [3.05, 3.63) is 49.8 Å². The van der Waals surface area contributed by atoms with Gasteiger partial charge in [0.1, 0.15) is 5.01 Å². The Morgan fingerprint density at radius 1 is 1.39 bits per heavy atom. The topological polar surface area (TPSA) is 24.9 Å². The van der Waals surface area contributed by atoms with E-state index in [2.05, 4.69) is 40.1 Å². The maximum absolute atomic E-state index is 6.09. The van der Waals surface area contributed by atoms with Crippen molar-refractivity contribution < 1.29 is 0 Å². The molecule has 5 heteroatoms. The summed E-state index contributed by atoms with van der Waals surface area (Å²) in [6, 6.07) is 6.26. The summed E-state index contributed by atoms with van der Waals surface area (Å²) in [5, 5.41) is 7.30. The Morgan fingerprint density at radius 2 is 2.17 bits per heavy atom. The summed E-state index contributed by atoms with van der Waals surface area (Å²) >= 11 is 11.3. The van der Waals surface area contributed by atoms with Crippen LogP contribution in [0.2, 0.25) is 5.02 Å². The Bertz CT molecular complexity index is 514. The number of hydrogen-bond donors (Lipinski definition) is 1. The van der Waals surface area contributed by atoms with Crippen molar-refractivity contribution in [1.29, 1.82) is 0 Å². The maximum Gasteiger partial charge on any atom is 0.114 e. The van der Waals surface area contributed by atoms with Gasteiger partial charge in [0.05, 0.1) is 6.04 Å². The van der Waals surface area contributed by atoms with Gasteiger partial charge in [0.25, 0.3) is 0 Å². The molecule has 0 radical (unpaired) electrons. The number of rotatable bonds is 4. The highest BCUT2D eigenvalue weighted by atomic mass is 79.9. The lowest BCUT2D eigenvalue weighted by atomic mass is 10.1. The van der Waals surface area contributed by atoms with E-state index in [0.29, 0.717) is 6.04 Å². The number of benzene rings is 1. The van der Waals surface area contributed by atoms with Crippen LogP contribution in [0.3, 0.4) is 0 Å². The zero-order chi connectivity index (χ0) is 13.1. The van der Waals surface area contributed by atoms with Gasteiger partial charge in [-0.25, -0.2) is 4.98 Å². The Morgan fingerprint density at radius 3 is 2.78 bits per heavy atom. The van der Waals surface area contributed by atoms with Gasteiger partial charge >= 0.3 is 0 Å². The highest BCUT2D eigenvalue weighted by Gasteiger charge is 2.20. The molecule has 1 heterocycles. The third kappa shape index (κ3) is 3.32. The Kier molecular flexibility index (Phi) is 4.78. The molecule has 0 amide bonds. The van der Waals surface area contributed by atoms with E-state index in [4.69, 9.17) is 11.6 Å². The first-order valence-electron chi connectivity index (χ1n) is 5.68. The van der Waals surface area contributed by atoms with Gasteiger partial charge in [0.2, 0.25) is 0 Å². The van der Waals surface area contributed by atoms with Crippen molar-refractivity contribution in [2.75, 3.05) is 0 Å². The minimum Gasteiger partial charge on any atom is -0.302 e. The minimum absolute atomic E-state index is 0.0677. The number of thiazole rings is 1. The molecule has 0 fully saturated rings. The molecule has 0 bridgehead atoms. The third-order valence-corrected chi connectivity index (χ3v) is 4.27. The van der Waals surface area contributed by atoms with Gasteiger partial charge in [-0.05, 0) is 37.6 Å². The minimum atomic E-state index is 0.0677. The molecule has 2 aromatic rings. The van der Waals surface area contributed by atoms with Gasteiger partial charge in [-0.15, -0.1) is 11.3 Å². The summed E-state index contributed by atoms with van der Waals surface area (Å²) < 4.78 is 1.04. The standard InChI is InChI=1S/C13H14BrClN2S/c1-8(2)17-12(13-16-5-6-18-13)10-7-9(15)3-4-11(10)14/h3-8,12,17H,1-2H3. The summed E-state index contributed by atoms with van der Waals surface area (Å²) in [6.07, 6.45) is 1.83. The molecule has 0 aliphatic carbocycles. The average Bonchev–Trinajstić information content (AvgIpc) is 2.82. The first-order valence-corrected chi connectivity index (χ1v) is 7.73. The third-order valence-electron chi connectivity index (χ3n) is 2.47. The molecule has 18 heavy (non-hydrogen) atoms. The first kappa shape index (κ1) is 14.0. The van der Waals surface area contributed by atoms with Gasteiger partial charge in [-0.2, -0.15) is 0 Å². The van der Waals surface area contributed by atoms with Crippen LogP contribution in [0.1, 0.15) is 30.5 Å². The summed E-state index contributed by atoms with van der Waals surface area (Å²) in [5.74, 6) is 0. The van der Waals surface area contributed by atoms with Crippen molar-refractivity contribution in [2.24, 2.45) is 0 Å². The Hall–Kier alpha value is -0.420. The molecular weight excluding hydrogens is 332 g/mol. The zero-order valence-corrected chi connectivity index (χ0v) is 13.3. The van der Waals surface area contributed by atoms with Crippen LogP contribution >= 0.6 is 38.9 Å². The molecule has 2 rings (SSSR count). The lowest BCUT2D eigenvalue weighted by molar-refractivity contribution is 0.526. The van der Waals surface area contributed by atoms with E-state index in [-0.39, 0.29) is 6.04 Å². The number of halogens is 2. The smallest absolute Gasteiger partial charge is 0.114 e. The monoisotopic (exact) mass is 344 g/mol. The van der Waals surface area contributed by atoms with E-state index in [9.17, 15) is 0 Å². The van der Waals surface area contributed by atoms with Crippen molar-refractivity contribution in [3.63, 3.8) is 0 Å². The van der Waals surface area contributed by atoms with Crippen LogP contribution in [0.4, 0.5) is 0 Å². The second-order valence-electron chi connectivity index (χ2n) is 4.29. The molecule has 1 aromatic heterocycles. The van der Waals surface area contributed by atoms with Crippen LogP contribution in [-0.4, -0.2) is 11.0 Å². The zero-order valence-electron chi connectivity index (χ0n) is 10.2. The largest absolute Gasteiger partial charge is 0.302 e. The molecular formula is C13H14BrClN2S. The summed E-state index contributed by atoms with van der Waals surface area (Å²) in [6.45, 7) is 4.25. The number of hydrogen-bond acceptors (Lipinski definition) is 3. The lowest BCUT2D eigenvalue weighted by Crippen LogP contribution is -2.29. The predicted molar refractivity (Wildman–Crippen MR) is 81.4 cm³/mol. The fourth-order valence-electron chi connectivity index (χ4n) is 1.74. The van der Waals surface area contributed by atoms with Gasteiger partial charge in [0, 0.05) is 27.1 Å². The van der Waals surface area contributed by atoms with E-state index >= 15 is 0 Å². The second kappa shape index (κ2) is 6.15. The molecule has 0 aliphatic heterocycles. The number of nitrogens with one attached hydrogen (secondary N) is 1. The highest BCUT2D eigenvalue weighted by molar-refractivity contribution is 9.10. The van der Waals surface area contributed by atoms with Gasteiger partial charge in [-0.3, -0.25) is 0 Å². The molecule has 0 spiro atoms. The van der Waals surface area contributed by atoms with Crippen LogP contribution in [0, 0.1) is 0 Å². The summed E-state index contributed by atoms with van der Waals surface area (Å²) in [5.41, 5.74) is 1.12. The summed E-state index contributed by atoms with van der Waals surface area (Å²) in [4.78, 5) is 4.41. The van der Waals surface area contributed by atoms with E-state index in [0.717, 1.165) is 20.1 Å². The van der Waals surface area contributed by atoms with Gasteiger partial charge < -0.3 is 5.32 Å². The number of nitrogens with zero attached hydrogens (tertiary/aromatic N) is 1. The van der Waals surface area contributed by atoms with Crippen LogP contribution in [0.15, 0.2) is 34.2 Å². The van der Waals surface area contributed by atoms with Crippen molar-refractivity contribution in [1.82, 2.24) is 10.3 Å². The SMILES string of the molecule is CC(C)NC(c1nccs1)c1cc(Cl)ccc1Br. The van der Waals surface area contributed by atoms with E-state index in [1.165, 1.54) is 0 Å². The van der Waals surface area contributed by atoms with Crippen LogP contribution in [0.5, 0.6) is 0 Å². The molecule has 0 saturated carbocycles. The molecule has 1 aromatic carbocycles. The average molecular weight is 346 g/mol. The van der Waals surface area contributed by atoms with Crippen molar-refractivity contribution >= 4 is 38.9 Å². The fraction of sp³-hybridized carbons (Fsp3) is 0.308. The van der Waals surface area contributed by atoms with Crippen molar-refractivity contribution in [3.8, 4) is 0 Å². The lowest BCUT2D eigenvalue weighted by Gasteiger charge is -2.21. The Balaban J connectivity index is 2.42. The molecule has 96 valence electrons. The van der Waals surface area contributed by atoms with Crippen LogP contribution < -0.4 is 5.32 Å². The van der Waals surface area contributed by atoms with Crippen LogP contribution in [0.25, 0.3) is 0 Å². The highest BCUT2D eigenvalue weighted by Crippen LogP contribution is 2.32. The first-order chi connectivity index (χ1) is 8.58. The normalized spacial score (nSPS) is 12.9. The van der Waals surface area contributed by atoms with Gasteiger partial charge in [-0.1, -0.05) is 27.5 Å². The molecule has 0 saturated heterocycles. The quantitative estimate of drug-likeness (QED) is 0.872. The summed E-state index contributed by atoms with van der Waals surface area (Å²) in [7, 11) is 0. The Labute approximate surface area is 125 Å². The molecule has 1 N–H and O–H groups in total.